The van der Waals surface area contributed by atoms with Crippen molar-refractivity contribution >= 4 is 16.4 Å². The van der Waals surface area contributed by atoms with E-state index in [0.717, 1.165) is 5.56 Å². The summed E-state index contributed by atoms with van der Waals surface area (Å²) in [5, 5.41) is 0. The fourth-order valence-corrected chi connectivity index (χ4v) is 2.41. The maximum absolute atomic E-state index is 11.8. The quantitative estimate of drug-likeness (QED) is 0.454. The zero-order valence-electron chi connectivity index (χ0n) is 10.1. The molecule has 5 nitrogen and oxygen atoms in total. The SMILES string of the molecule is Cc1ccc(S(=O)(=O)OC[C@H]2O[C@@]2(C)C=O)cc1. The molecule has 6 heteroatoms. The molecule has 0 N–H and O–H groups in total. The van der Waals surface area contributed by atoms with E-state index >= 15 is 0 Å². The van der Waals surface area contributed by atoms with Gasteiger partial charge in [-0.2, -0.15) is 8.42 Å². The minimum absolute atomic E-state index is 0.0987. The maximum Gasteiger partial charge on any atom is 0.297 e. The molecule has 1 aromatic rings. The molecule has 0 radical (unpaired) electrons. The third-order valence-corrected chi connectivity index (χ3v) is 4.19. The molecule has 0 unspecified atom stereocenters. The fraction of sp³-hybridized carbons (Fsp3) is 0.417. The molecular formula is C12H14O5S. The Bertz CT molecular complexity index is 548. The molecule has 18 heavy (non-hydrogen) atoms. The summed E-state index contributed by atoms with van der Waals surface area (Å²) in [6.07, 6.45) is 0.162. The lowest BCUT2D eigenvalue weighted by atomic mass is 10.1. The Hall–Kier alpha value is -1.24. The van der Waals surface area contributed by atoms with Crippen LogP contribution in [0.5, 0.6) is 0 Å². The topological polar surface area (TPSA) is 73.0 Å². The number of aryl methyl sites for hydroxylation is 1. The zero-order valence-corrected chi connectivity index (χ0v) is 10.9. The molecule has 0 amide bonds. The molecule has 0 bridgehead atoms. The smallest absolute Gasteiger partial charge is 0.297 e. The fourth-order valence-electron chi connectivity index (χ4n) is 1.50. The van der Waals surface area contributed by atoms with Gasteiger partial charge in [-0.15, -0.1) is 0 Å². The van der Waals surface area contributed by atoms with E-state index in [4.69, 9.17) is 8.92 Å². The molecule has 2 rings (SSSR count). The van der Waals surface area contributed by atoms with Crippen LogP contribution in [-0.2, 0) is 23.8 Å². The van der Waals surface area contributed by atoms with Gasteiger partial charge in [-0.05, 0) is 26.0 Å². The van der Waals surface area contributed by atoms with E-state index in [0.29, 0.717) is 6.29 Å². The van der Waals surface area contributed by atoms with E-state index < -0.39 is 21.8 Å². The van der Waals surface area contributed by atoms with Crippen LogP contribution in [0.2, 0.25) is 0 Å². The first-order chi connectivity index (χ1) is 8.37. The molecule has 2 atom stereocenters. The monoisotopic (exact) mass is 270 g/mol. The van der Waals surface area contributed by atoms with Gasteiger partial charge in [0.15, 0.2) is 6.29 Å². The molecule has 1 saturated heterocycles. The lowest BCUT2D eigenvalue weighted by molar-refractivity contribution is -0.111. The number of hydrogen-bond donors (Lipinski definition) is 0. The Labute approximate surface area is 106 Å². The second-order valence-electron chi connectivity index (χ2n) is 4.46. The van der Waals surface area contributed by atoms with Crippen LogP contribution in [0, 0.1) is 6.92 Å². The Morgan fingerprint density at radius 2 is 2.00 bits per heavy atom. The maximum atomic E-state index is 11.8. The number of carbonyl (C=O) groups is 1. The van der Waals surface area contributed by atoms with E-state index in [1.807, 2.05) is 6.92 Å². The van der Waals surface area contributed by atoms with E-state index in [-0.39, 0.29) is 11.5 Å². The standard InChI is InChI=1S/C12H14O5S/c1-9-3-5-10(6-4-9)18(14,15)16-7-11-12(2,8-13)17-11/h3-6,8,11H,7H2,1-2H3/t11-,12+/m1/s1. The van der Waals surface area contributed by atoms with Crippen LogP contribution in [0.1, 0.15) is 12.5 Å². The average Bonchev–Trinajstić information content (AvgIpc) is 3.00. The summed E-state index contributed by atoms with van der Waals surface area (Å²) in [4.78, 5) is 10.7. The molecule has 1 heterocycles. The average molecular weight is 270 g/mol. The first-order valence-corrected chi connectivity index (χ1v) is 6.88. The van der Waals surface area contributed by atoms with Gasteiger partial charge in [-0.25, -0.2) is 0 Å². The highest BCUT2D eigenvalue weighted by Crippen LogP contribution is 2.34. The van der Waals surface area contributed by atoms with Crippen molar-refractivity contribution in [2.45, 2.75) is 30.4 Å². The van der Waals surface area contributed by atoms with E-state index in [2.05, 4.69) is 0 Å². The highest BCUT2D eigenvalue weighted by atomic mass is 32.2. The summed E-state index contributed by atoms with van der Waals surface area (Å²) in [5.74, 6) is 0. The predicted octanol–water partition coefficient (Wildman–Crippen LogP) is 1.06. The van der Waals surface area contributed by atoms with Gasteiger partial charge in [0.25, 0.3) is 10.1 Å². The van der Waals surface area contributed by atoms with Crippen molar-refractivity contribution < 1.29 is 22.1 Å². The largest absolute Gasteiger partial charge is 0.356 e. The summed E-state index contributed by atoms with van der Waals surface area (Å²) < 4.78 is 33.5. The number of epoxide rings is 1. The molecule has 1 aliphatic heterocycles. The van der Waals surface area contributed by atoms with Crippen molar-refractivity contribution in [3.63, 3.8) is 0 Å². The second kappa shape index (κ2) is 4.46. The highest BCUT2D eigenvalue weighted by molar-refractivity contribution is 7.86. The summed E-state index contributed by atoms with van der Waals surface area (Å²) in [6, 6.07) is 6.35. The van der Waals surface area contributed by atoms with Crippen LogP contribution in [0.3, 0.4) is 0 Å². The number of benzene rings is 1. The van der Waals surface area contributed by atoms with Crippen molar-refractivity contribution in [2.75, 3.05) is 6.61 Å². The van der Waals surface area contributed by atoms with Gasteiger partial charge in [0.1, 0.15) is 11.7 Å². The van der Waals surface area contributed by atoms with Gasteiger partial charge in [0.05, 0.1) is 11.5 Å². The minimum atomic E-state index is -3.79. The lowest BCUT2D eigenvalue weighted by Crippen LogP contribution is -2.18. The van der Waals surface area contributed by atoms with Crippen LogP contribution in [0.4, 0.5) is 0 Å². The number of ether oxygens (including phenoxy) is 1. The molecule has 0 saturated carbocycles. The summed E-state index contributed by atoms with van der Waals surface area (Å²) >= 11 is 0. The zero-order chi connectivity index (χ0) is 13.4. The predicted molar refractivity (Wildman–Crippen MR) is 63.7 cm³/mol. The summed E-state index contributed by atoms with van der Waals surface area (Å²) in [7, 11) is -3.79. The second-order valence-corrected chi connectivity index (χ2v) is 6.08. The Morgan fingerprint density at radius 1 is 1.39 bits per heavy atom. The van der Waals surface area contributed by atoms with E-state index in [9.17, 15) is 13.2 Å². The third-order valence-electron chi connectivity index (χ3n) is 2.90. The molecule has 0 aromatic heterocycles. The normalized spacial score (nSPS) is 26.9. The molecule has 1 aliphatic rings. The molecule has 1 aromatic carbocycles. The van der Waals surface area contributed by atoms with Gasteiger partial charge in [0.2, 0.25) is 0 Å². The van der Waals surface area contributed by atoms with Gasteiger partial charge in [-0.1, -0.05) is 17.7 Å². The number of hydrogen-bond acceptors (Lipinski definition) is 5. The first-order valence-electron chi connectivity index (χ1n) is 5.48. The van der Waals surface area contributed by atoms with Gasteiger partial charge >= 0.3 is 0 Å². The summed E-state index contributed by atoms with van der Waals surface area (Å²) in [6.45, 7) is 3.31. The number of carbonyl (C=O) groups excluding carboxylic acids is 1. The van der Waals surface area contributed by atoms with Crippen LogP contribution < -0.4 is 0 Å². The third kappa shape index (κ3) is 2.60. The number of rotatable bonds is 5. The van der Waals surface area contributed by atoms with Crippen LogP contribution in [-0.4, -0.2) is 33.0 Å². The molecule has 1 fully saturated rings. The van der Waals surface area contributed by atoms with Crippen LogP contribution >= 0.6 is 0 Å². The Balaban J connectivity index is 2.01. The molecule has 0 aliphatic carbocycles. The van der Waals surface area contributed by atoms with Crippen molar-refractivity contribution in [3.8, 4) is 0 Å². The van der Waals surface area contributed by atoms with Crippen LogP contribution in [0.25, 0.3) is 0 Å². The summed E-state index contributed by atoms with van der Waals surface area (Å²) in [5.41, 5.74) is 0.0657. The van der Waals surface area contributed by atoms with Crippen molar-refractivity contribution in [1.29, 1.82) is 0 Å². The Morgan fingerprint density at radius 3 is 2.50 bits per heavy atom. The number of aldehydes is 1. The molecule has 0 spiro atoms. The highest BCUT2D eigenvalue weighted by Gasteiger charge is 2.53. The first kappa shape index (κ1) is 13.2. The minimum Gasteiger partial charge on any atom is -0.356 e. The van der Waals surface area contributed by atoms with Gasteiger partial charge in [0, 0.05) is 0 Å². The van der Waals surface area contributed by atoms with Crippen LogP contribution in [0.15, 0.2) is 29.2 Å². The lowest BCUT2D eigenvalue weighted by Gasteiger charge is -2.04. The Kier molecular flexibility index (Phi) is 3.27. The molecular weight excluding hydrogens is 256 g/mol. The van der Waals surface area contributed by atoms with E-state index in [1.165, 1.54) is 12.1 Å². The van der Waals surface area contributed by atoms with Crippen molar-refractivity contribution in [2.24, 2.45) is 0 Å². The van der Waals surface area contributed by atoms with Gasteiger partial charge in [-0.3, -0.25) is 4.18 Å². The van der Waals surface area contributed by atoms with E-state index in [1.54, 1.807) is 19.1 Å². The van der Waals surface area contributed by atoms with Crippen molar-refractivity contribution in [1.82, 2.24) is 0 Å². The van der Waals surface area contributed by atoms with Crippen molar-refractivity contribution in [3.05, 3.63) is 29.8 Å². The van der Waals surface area contributed by atoms with Gasteiger partial charge < -0.3 is 9.53 Å². The molecule has 98 valence electrons.